The molecular weight excluding hydrogens is 370 g/mol. The van der Waals surface area contributed by atoms with Crippen LogP contribution in [0.3, 0.4) is 0 Å². The molecule has 1 unspecified atom stereocenters. The van der Waals surface area contributed by atoms with Crippen molar-refractivity contribution in [3.05, 3.63) is 73.4 Å². The van der Waals surface area contributed by atoms with E-state index in [0.717, 1.165) is 15.7 Å². The van der Waals surface area contributed by atoms with Gasteiger partial charge in [-0.05, 0) is 31.5 Å². The number of hydrogen-bond donors (Lipinski definition) is 1. The van der Waals surface area contributed by atoms with Crippen LogP contribution < -0.4 is 16.0 Å². The molecule has 0 saturated heterocycles. The van der Waals surface area contributed by atoms with Gasteiger partial charge in [0.25, 0.3) is 5.56 Å². The summed E-state index contributed by atoms with van der Waals surface area (Å²) in [4.78, 5) is 13.0. The van der Waals surface area contributed by atoms with E-state index in [9.17, 15) is 10.1 Å². The van der Waals surface area contributed by atoms with Gasteiger partial charge in [-0.1, -0.05) is 28.1 Å². The number of rotatable bonds is 2. The molecule has 0 aliphatic carbocycles. The second kappa shape index (κ2) is 6.17. The number of benzene rings is 1. The van der Waals surface area contributed by atoms with Crippen molar-refractivity contribution in [2.45, 2.75) is 26.3 Å². The Bertz CT molecular complexity index is 936. The average Bonchev–Trinajstić information content (AvgIpc) is 2.54. The first-order valence-corrected chi connectivity index (χ1v) is 8.34. The quantitative estimate of drug-likeness (QED) is 0.860. The number of ether oxygens (including phenoxy) is 1. The lowest BCUT2D eigenvalue weighted by atomic mass is 9.84. The fourth-order valence-corrected chi connectivity index (χ4v) is 3.33. The van der Waals surface area contributed by atoms with Crippen LogP contribution >= 0.6 is 15.9 Å². The fourth-order valence-electron chi connectivity index (χ4n) is 3.07. The van der Waals surface area contributed by atoms with Gasteiger partial charge in [-0.25, -0.2) is 0 Å². The molecule has 0 radical (unpaired) electrons. The van der Waals surface area contributed by atoms with Gasteiger partial charge < -0.3 is 15.0 Å². The third kappa shape index (κ3) is 2.51. The lowest BCUT2D eigenvalue weighted by molar-refractivity contribution is 0.388. The number of allylic oxidation sites excluding steroid dienone is 1. The summed E-state index contributed by atoms with van der Waals surface area (Å²) >= 11 is 3.40. The molecule has 122 valence electrons. The Morgan fingerprint density at radius 3 is 2.62 bits per heavy atom. The summed E-state index contributed by atoms with van der Waals surface area (Å²) in [6, 6.07) is 11.4. The molecule has 0 spiro atoms. The lowest BCUT2D eigenvalue weighted by Crippen LogP contribution is -2.32. The molecule has 1 aliphatic rings. The zero-order chi connectivity index (χ0) is 17.4. The molecule has 6 heteroatoms. The SMILES string of the molecule is CCn1c(C)cc2c(c1=O)C(c1ccc(Br)cc1)C(C#N)=C(N)O2. The minimum absolute atomic E-state index is 0.0472. The molecule has 0 fully saturated rings. The lowest BCUT2D eigenvalue weighted by Gasteiger charge is -2.27. The van der Waals surface area contributed by atoms with Gasteiger partial charge in [0.2, 0.25) is 5.88 Å². The van der Waals surface area contributed by atoms with E-state index in [1.165, 1.54) is 0 Å². The third-order valence-electron chi connectivity index (χ3n) is 4.21. The second-order valence-electron chi connectivity index (χ2n) is 5.59. The number of halogens is 1. The molecule has 1 aromatic carbocycles. The molecule has 2 heterocycles. The summed E-state index contributed by atoms with van der Waals surface area (Å²) in [6.45, 7) is 4.31. The molecule has 0 amide bonds. The first-order valence-electron chi connectivity index (χ1n) is 7.55. The topological polar surface area (TPSA) is 81.0 Å². The first-order chi connectivity index (χ1) is 11.5. The highest BCUT2D eigenvalue weighted by Gasteiger charge is 2.34. The monoisotopic (exact) mass is 385 g/mol. The molecule has 3 rings (SSSR count). The number of fused-ring (bicyclic) bond motifs is 1. The number of nitrogens with two attached hydrogens (primary N) is 1. The number of pyridine rings is 1. The Morgan fingerprint density at radius 1 is 1.38 bits per heavy atom. The summed E-state index contributed by atoms with van der Waals surface area (Å²) in [5.41, 5.74) is 8.13. The van der Waals surface area contributed by atoms with Gasteiger partial charge in [0.1, 0.15) is 17.4 Å². The maximum atomic E-state index is 13.0. The van der Waals surface area contributed by atoms with Crippen molar-refractivity contribution in [1.29, 1.82) is 5.26 Å². The molecular formula is C18H16BrN3O2. The number of nitrogens with zero attached hydrogens (tertiary/aromatic N) is 2. The highest BCUT2D eigenvalue weighted by Crippen LogP contribution is 2.40. The van der Waals surface area contributed by atoms with Crippen molar-refractivity contribution >= 4 is 15.9 Å². The fraction of sp³-hybridized carbons (Fsp3) is 0.222. The van der Waals surface area contributed by atoms with Gasteiger partial charge in [-0.2, -0.15) is 5.26 Å². The van der Waals surface area contributed by atoms with Crippen molar-refractivity contribution in [3.63, 3.8) is 0 Å². The zero-order valence-corrected chi connectivity index (χ0v) is 14.9. The van der Waals surface area contributed by atoms with Gasteiger partial charge in [-0.15, -0.1) is 0 Å². The summed E-state index contributed by atoms with van der Waals surface area (Å²) < 4.78 is 8.18. The standard InChI is InChI=1S/C18H16BrN3O2/c1-3-22-10(2)8-14-16(18(22)23)15(13(9-20)17(21)24-14)11-4-6-12(19)7-5-11/h4-8,15H,3,21H2,1-2H3. The molecule has 2 N–H and O–H groups in total. The predicted octanol–water partition coefficient (Wildman–Crippen LogP) is 3.16. The molecule has 2 aromatic rings. The Labute approximate surface area is 148 Å². The summed E-state index contributed by atoms with van der Waals surface area (Å²) in [5.74, 6) is -0.0599. The first kappa shape index (κ1) is 16.3. The van der Waals surface area contributed by atoms with Crippen LogP contribution in [0.4, 0.5) is 0 Å². The van der Waals surface area contributed by atoms with Gasteiger partial charge in [0, 0.05) is 22.8 Å². The van der Waals surface area contributed by atoms with Crippen molar-refractivity contribution in [1.82, 2.24) is 4.57 Å². The Hall–Kier alpha value is -2.52. The van der Waals surface area contributed by atoms with Crippen molar-refractivity contribution in [2.75, 3.05) is 0 Å². The van der Waals surface area contributed by atoms with Crippen LogP contribution in [-0.2, 0) is 6.54 Å². The predicted molar refractivity (Wildman–Crippen MR) is 94.6 cm³/mol. The Kier molecular flexibility index (Phi) is 4.20. The Balaban J connectivity index is 2.33. The minimum Gasteiger partial charge on any atom is -0.440 e. The van der Waals surface area contributed by atoms with E-state index in [1.807, 2.05) is 38.1 Å². The van der Waals surface area contributed by atoms with Crippen LogP contribution in [0.25, 0.3) is 0 Å². The number of aromatic nitrogens is 1. The number of nitriles is 1. The zero-order valence-electron chi connectivity index (χ0n) is 13.3. The van der Waals surface area contributed by atoms with Crippen LogP contribution in [-0.4, -0.2) is 4.57 Å². The number of aryl methyl sites for hydroxylation is 1. The van der Waals surface area contributed by atoms with Gasteiger partial charge in [0.15, 0.2) is 0 Å². The molecule has 1 aliphatic heterocycles. The van der Waals surface area contributed by atoms with Gasteiger partial charge >= 0.3 is 0 Å². The normalized spacial score (nSPS) is 16.3. The maximum Gasteiger partial charge on any atom is 0.258 e. The van der Waals surface area contributed by atoms with Crippen molar-refractivity contribution in [3.8, 4) is 11.8 Å². The van der Waals surface area contributed by atoms with E-state index < -0.39 is 5.92 Å². The van der Waals surface area contributed by atoms with Crippen LogP contribution in [0.5, 0.6) is 5.75 Å². The van der Waals surface area contributed by atoms with E-state index in [4.69, 9.17) is 10.5 Å². The highest BCUT2D eigenvalue weighted by molar-refractivity contribution is 9.10. The third-order valence-corrected chi connectivity index (χ3v) is 4.74. The van der Waals surface area contributed by atoms with Crippen LogP contribution in [0.1, 0.15) is 29.7 Å². The van der Waals surface area contributed by atoms with Crippen molar-refractivity contribution in [2.24, 2.45) is 5.73 Å². The molecule has 1 atom stereocenters. The van der Waals surface area contributed by atoms with Crippen LogP contribution in [0.15, 0.2) is 51.1 Å². The average molecular weight is 386 g/mol. The minimum atomic E-state index is -0.530. The highest BCUT2D eigenvalue weighted by atomic mass is 79.9. The smallest absolute Gasteiger partial charge is 0.258 e. The van der Waals surface area contributed by atoms with Crippen LogP contribution in [0, 0.1) is 18.3 Å². The van der Waals surface area contributed by atoms with Crippen molar-refractivity contribution < 1.29 is 4.74 Å². The van der Waals surface area contributed by atoms with Crippen LogP contribution in [0.2, 0.25) is 0 Å². The molecule has 0 saturated carbocycles. The number of hydrogen-bond acceptors (Lipinski definition) is 4. The van der Waals surface area contributed by atoms with E-state index in [2.05, 4.69) is 22.0 Å². The summed E-state index contributed by atoms with van der Waals surface area (Å²) in [7, 11) is 0. The van der Waals surface area contributed by atoms with Gasteiger partial charge in [0.05, 0.1) is 11.5 Å². The largest absolute Gasteiger partial charge is 0.440 e. The van der Waals surface area contributed by atoms with E-state index in [1.54, 1.807) is 10.6 Å². The second-order valence-corrected chi connectivity index (χ2v) is 6.51. The molecule has 24 heavy (non-hydrogen) atoms. The van der Waals surface area contributed by atoms with Gasteiger partial charge in [-0.3, -0.25) is 4.79 Å². The Morgan fingerprint density at radius 2 is 2.04 bits per heavy atom. The maximum absolute atomic E-state index is 13.0. The van der Waals surface area contributed by atoms with E-state index in [-0.39, 0.29) is 17.0 Å². The molecule has 0 bridgehead atoms. The van der Waals surface area contributed by atoms with E-state index >= 15 is 0 Å². The molecule has 5 nitrogen and oxygen atoms in total. The summed E-state index contributed by atoms with van der Waals surface area (Å²) in [6.07, 6.45) is 0. The summed E-state index contributed by atoms with van der Waals surface area (Å²) in [5, 5.41) is 9.56. The van der Waals surface area contributed by atoms with E-state index in [0.29, 0.717) is 17.9 Å². The molecule has 1 aromatic heterocycles.